The molecule has 1 aliphatic rings. The predicted molar refractivity (Wildman–Crippen MR) is 105 cm³/mol. The summed E-state index contributed by atoms with van der Waals surface area (Å²) in [5, 5.41) is 0. The quantitative estimate of drug-likeness (QED) is 0.657. The number of imidazole rings is 1. The maximum atomic E-state index is 12.5. The van der Waals surface area contributed by atoms with Crippen LogP contribution in [0.1, 0.15) is 12.2 Å². The number of fused-ring (bicyclic) bond motifs is 1. The molecule has 1 aromatic carbocycles. The average molecular weight is 380 g/mol. The lowest BCUT2D eigenvalue weighted by Crippen LogP contribution is -2.33. The normalized spacial score (nSPS) is 16.5. The summed E-state index contributed by atoms with van der Waals surface area (Å²) < 4.78 is 12.8. The average Bonchev–Trinajstić information content (AvgIpc) is 3.32. The first-order valence-electron chi connectivity index (χ1n) is 9.45. The van der Waals surface area contributed by atoms with Gasteiger partial charge in [-0.05, 0) is 48.7 Å². The first-order chi connectivity index (χ1) is 13.6. The summed E-state index contributed by atoms with van der Waals surface area (Å²) in [7, 11) is 3.62. The molecule has 0 radical (unpaired) electrons. The van der Waals surface area contributed by atoms with Crippen LogP contribution in [0, 0.1) is 5.92 Å². The summed E-state index contributed by atoms with van der Waals surface area (Å²) in [6, 6.07) is 11.1. The summed E-state index contributed by atoms with van der Waals surface area (Å²) in [5.74, 6) is 2.86. The summed E-state index contributed by atoms with van der Waals surface area (Å²) in [6.07, 6.45) is 3.60. The lowest BCUT2D eigenvalue weighted by molar-refractivity contribution is -0.132. The van der Waals surface area contributed by atoms with Gasteiger partial charge in [0.05, 0.1) is 7.11 Å². The van der Waals surface area contributed by atoms with Crippen molar-refractivity contribution in [3.63, 3.8) is 0 Å². The topological polar surface area (TPSA) is 69.5 Å². The zero-order chi connectivity index (χ0) is 19.5. The van der Waals surface area contributed by atoms with Crippen molar-refractivity contribution in [1.29, 1.82) is 0 Å². The number of carbonyl (C=O) groups is 1. The van der Waals surface area contributed by atoms with E-state index in [1.807, 2.05) is 40.8 Å². The number of benzene rings is 1. The highest BCUT2D eigenvalue weighted by Crippen LogP contribution is 2.23. The number of ether oxygens (including phenoxy) is 2. The number of methoxy groups -OCH3 is 1. The Morgan fingerprint density at radius 1 is 1.21 bits per heavy atom. The van der Waals surface area contributed by atoms with Gasteiger partial charge in [-0.2, -0.15) is 0 Å². The van der Waals surface area contributed by atoms with Gasteiger partial charge in [-0.25, -0.2) is 9.97 Å². The molecule has 1 amide bonds. The van der Waals surface area contributed by atoms with Gasteiger partial charge in [0, 0.05) is 32.8 Å². The fourth-order valence-corrected chi connectivity index (χ4v) is 3.65. The summed E-state index contributed by atoms with van der Waals surface area (Å²) in [5.41, 5.74) is 1.81. The Morgan fingerprint density at radius 3 is 2.75 bits per heavy atom. The van der Waals surface area contributed by atoms with Crippen LogP contribution in [0.2, 0.25) is 0 Å². The standard InChI is InChI=1S/C21H24N4O3/c1-24-19(23-18-4-3-10-22-21(18)24)12-15-9-11-25(13-15)20(26)14-28-17-7-5-16(27-2)6-8-17/h3-8,10,15H,9,11-14H2,1-2H3/t15-/m1/s1. The zero-order valence-corrected chi connectivity index (χ0v) is 16.2. The lowest BCUT2D eigenvalue weighted by atomic mass is 10.0. The highest BCUT2D eigenvalue weighted by molar-refractivity contribution is 5.78. The van der Waals surface area contributed by atoms with Crippen molar-refractivity contribution in [2.45, 2.75) is 12.8 Å². The Kier molecular flexibility index (Phi) is 5.14. The molecule has 1 atom stereocenters. The number of likely N-dealkylation sites (tertiary alicyclic amines) is 1. The van der Waals surface area contributed by atoms with Crippen LogP contribution in [0.15, 0.2) is 42.6 Å². The second-order valence-electron chi connectivity index (χ2n) is 7.10. The molecular formula is C21H24N4O3. The molecule has 0 spiro atoms. The molecule has 0 unspecified atom stereocenters. The number of rotatable bonds is 6. The van der Waals surface area contributed by atoms with Crippen LogP contribution in [0.4, 0.5) is 0 Å². The lowest BCUT2D eigenvalue weighted by Gasteiger charge is -2.17. The largest absolute Gasteiger partial charge is 0.497 e. The molecular weight excluding hydrogens is 356 g/mol. The maximum absolute atomic E-state index is 12.5. The molecule has 2 aromatic heterocycles. The SMILES string of the molecule is COc1ccc(OCC(=O)N2CC[C@H](Cc3nc4cccnc4n3C)C2)cc1. The van der Waals surface area contributed by atoms with Crippen molar-refractivity contribution in [2.24, 2.45) is 13.0 Å². The number of amides is 1. The smallest absolute Gasteiger partial charge is 0.260 e. The van der Waals surface area contributed by atoms with E-state index in [1.165, 1.54) is 0 Å². The fourth-order valence-electron chi connectivity index (χ4n) is 3.65. The Morgan fingerprint density at radius 2 is 2.00 bits per heavy atom. The Labute approximate surface area is 163 Å². The van der Waals surface area contributed by atoms with Crippen LogP contribution in [0.3, 0.4) is 0 Å². The van der Waals surface area contributed by atoms with Crippen molar-refractivity contribution in [3.05, 3.63) is 48.4 Å². The molecule has 28 heavy (non-hydrogen) atoms. The fraction of sp³-hybridized carbons (Fsp3) is 0.381. The van der Waals surface area contributed by atoms with E-state index >= 15 is 0 Å². The van der Waals surface area contributed by atoms with E-state index in [1.54, 1.807) is 25.4 Å². The third-order valence-electron chi connectivity index (χ3n) is 5.25. The minimum absolute atomic E-state index is 0.0185. The highest BCUT2D eigenvalue weighted by atomic mass is 16.5. The molecule has 3 aromatic rings. The first-order valence-corrected chi connectivity index (χ1v) is 9.45. The molecule has 4 rings (SSSR count). The van der Waals surface area contributed by atoms with Gasteiger partial charge in [-0.15, -0.1) is 0 Å². The summed E-state index contributed by atoms with van der Waals surface area (Å²) in [4.78, 5) is 23.5. The second-order valence-corrected chi connectivity index (χ2v) is 7.10. The number of hydrogen-bond donors (Lipinski definition) is 0. The van der Waals surface area contributed by atoms with E-state index in [2.05, 4.69) is 4.98 Å². The Balaban J connectivity index is 1.31. The third-order valence-corrected chi connectivity index (χ3v) is 5.25. The van der Waals surface area contributed by atoms with Crippen LogP contribution in [0.5, 0.6) is 11.5 Å². The van der Waals surface area contributed by atoms with Gasteiger partial charge in [-0.1, -0.05) is 0 Å². The molecule has 1 fully saturated rings. The zero-order valence-electron chi connectivity index (χ0n) is 16.2. The molecule has 1 saturated heterocycles. The molecule has 0 saturated carbocycles. The van der Waals surface area contributed by atoms with Crippen LogP contribution in [0.25, 0.3) is 11.2 Å². The number of nitrogens with zero attached hydrogens (tertiary/aromatic N) is 4. The van der Waals surface area contributed by atoms with Crippen molar-refractivity contribution in [1.82, 2.24) is 19.4 Å². The third kappa shape index (κ3) is 3.78. The van der Waals surface area contributed by atoms with Crippen molar-refractivity contribution in [2.75, 3.05) is 26.8 Å². The van der Waals surface area contributed by atoms with E-state index in [-0.39, 0.29) is 12.5 Å². The molecule has 0 bridgehead atoms. The van der Waals surface area contributed by atoms with E-state index in [0.717, 1.165) is 48.7 Å². The van der Waals surface area contributed by atoms with Gasteiger partial charge in [-0.3, -0.25) is 4.79 Å². The molecule has 3 heterocycles. The summed E-state index contributed by atoms with van der Waals surface area (Å²) in [6.45, 7) is 1.55. The molecule has 146 valence electrons. The Bertz CT molecular complexity index is 967. The van der Waals surface area contributed by atoms with Crippen molar-refractivity contribution >= 4 is 17.1 Å². The van der Waals surface area contributed by atoms with Gasteiger partial charge < -0.3 is 18.9 Å². The Hall–Kier alpha value is -3.09. The minimum Gasteiger partial charge on any atom is -0.497 e. The second kappa shape index (κ2) is 7.88. The van der Waals surface area contributed by atoms with Gasteiger partial charge in [0.1, 0.15) is 22.8 Å². The number of carbonyl (C=O) groups excluding carboxylic acids is 1. The number of hydrogen-bond acceptors (Lipinski definition) is 5. The molecule has 7 heteroatoms. The molecule has 1 aliphatic heterocycles. The minimum atomic E-state index is 0.0185. The summed E-state index contributed by atoms with van der Waals surface area (Å²) >= 11 is 0. The van der Waals surface area contributed by atoms with Gasteiger partial charge >= 0.3 is 0 Å². The molecule has 0 aliphatic carbocycles. The van der Waals surface area contributed by atoms with Crippen LogP contribution in [-0.2, 0) is 18.3 Å². The number of pyridine rings is 1. The van der Waals surface area contributed by atoms with E-state index in [0.29, 0.717) is 11.7 Å². The van der Waals surface area contributed by atoms with E-state index in [9.17, 15) is 4.79 Å². The number of aromatic nitrogens is 3. The van der Waals surface area contributed by atoms with Crippen molar-refractivity contribution in [3.8, 4) is 11.5 Å². The van der Waals surface area contributed by atoms with Crippen LogP contribution in [-0.4, -0.2) is 52.1 Å². The van der Waals surface area contributed by atoms with Gasteiger partial charge in [0.25, 0.3) is 5.91 Å². The van der Waals surface area contributed by atoms with Gasteiger partial charge in [0.2, 0.25) is 0 Å². The monoisotopic (exact) mass is 380 g/mol. The predicted octanol–water partition coefficient (Wildman–Crippen LogP) is 2.45. The highest BCUT2D eigenvalue weighted by Gasteiger charge is 2.27. The van der Waals surface area contributed by atoms with Gasteiger partial charge in [0.15, 0.2) is 12.3 Å². The maximum Gasteiger partial charge on any atom is 0.260 e. The van der Waals surface area contributed by atoms with E-state index in [4.69, 9.17) is 14.5 Å². The number of aryl methyl sites for hydroxylation is 1. The van der Waals surface area contributed by atoms with Crippen LogP contribution < -0.4 is 9.47 Å². The van der Waals surface area contributed by atoms with Crippen molar-refractivity contribution < 1.29 is 14.3 Å². The first kappa shape index (κ1) is 18.3. The molecule has 0 N–H and O–H groups in total. The molecule has 7 nitrogen and oxygen atoms in total. The van der Waals surface area contributed by atoms with Crippen LogP contribution >= 0.6 is 0 Å². The van der Waals surface area contributed by atoms with E-state index < -0.39 is 0 Å².